The maximum atomic E-state index is 14.1. The number of ether oxygens (including phenoxy) is 2. The van der Waals surface area contributed by atoms with Gasteiger partial charge in [0, 0.05) is 11.6 Å². The highest BCUT2D eigenvalue weighted by molar-refractivity contribution is 8.01. The number of nitrogens with zero attached hydrogens (tertiary/aromatic N) is 3. The smallest absolute Gasteiger partial charge is 0.338 e. The zero-order valence-electron chi connectivity index (χ0n) is 24.1. The van der Waals surface area contributed by atoms with Crippen LogP contribution in [0.2, 0.25) is 0 Å². The zero-order chi connectivity index (χ0) is 30.9. The first-order valence-corrected chi connectivity index (χ1v) is 16.5. The lowest BCUT2D eigenvalue weighted by atomic mass is 9.93. The fourth-order valence-electron chi connectivity index (χ4n) is 5.14. The molecule has 0 saturated heterocycles. The molecule has 3 aromatic heterocycles. The Balaban J connectivity index is 1.35. The Labute approximate surface area is 269 Å². The van der Waals surface area contributed by atoms with E-state index in [1.54, 1.807) is 36.0 Å². The Bertz CT molecular complexity index is 2230. The third-order valence-corrected chi connectivity index (χ3v) is 10.1. The third-order valence-electron chi connectivity index (χ3n) is 7.12. The maximum Gasteiger partial charge on any atom is 0.338 e. The number of hydrogen-bond donors (Lipinski definition) is 0. The van der Waals surface area contributed by atoms with Crippen molar-refractivity contribution < 1.29 is 18.7 Å². The van der Waals surface area contributed by atoms with Gasteiger partial charge in [0.2, 0.25) is 0 Å². The van der Waals surface area contributed by atoms with Gasteiger partial charge < -0.3 is 13.9 Å². The molecule has 6 aromatic rings. The number of para-hydroxylation sites is 1. The van der Waals surface area contributed by atoms with Gasteiger partial charge in [-0.3, -0.25) is 9.36 Å². The zero-order valence-corrected chi connectivity index (χ0v) is 26.6. The van der Waals surface area contributed by atoms with Crippen LogP contribution >= 0.6 is 34.4 Å². The molecule has 0 fully saturated rings. The summed E-state index contributed by atoms with van der Waals surface area (Å²) in [5, 5.41) is 0.665. The Morgan fingerprint density at radius 2 is 1.84 bits per heavy atom. The van der Waals surface area contributed by atoms with Crippen molar-refractivity contribution in [2.24, 2.45) is 4.99 Å². The highest BCUT2D eigenvalue weighted by Gasteiger charge is 2.35. The van der Waals surface area contributed by atoms with Gasteiger partial charge in [-0.1, -0.05) is 65.9 Å². The first kappa shape index (κ1) is 29.0. The van der Waals surface area contributed by atoms with E-state index in [2.05, 4.69) is 4.98 Å². The SMILES string of the molecule is CCOC(=O)C1=C(c2ccccc2)N=c2s/c(=C/c3ccc(Sc4nc5ccccc5s4)o3)c(=O)n2[C@H]1c1cccc(OC)c1. The van der Waals surface area contributed by atoms with Gasteiger partial charge in [-0.25, -0.2) is 14.8 Å². The molecule has 0 radical (unpaired) electrons. The summed E-state index contributed by atoms with van der Waals surface area (Å²) < 4.78 is 21.1. The number of benzene rings is 3. The lowest BCUT2D eigenvalue weighted by Crippen LogP contribution is -2.40. The summed E-state index contributed by atoms with van der Waals surface area (Å²) in [6, 6.07) is 27.7. The maximum absolute atomic E-state index is 14.1. The molecule has 0 N–H and O–H groups in total. The summed E-state index contributed by atoms with van der Waals surface area (Å²) in [4.78, 5) is 37.8. The lowest BCUT2D eigenvalue weighted by Gasteiger charge is -2.26. The number of carbonyl (C=O) groups is 1. The van der Waals surface area contributed by atoms with Crippen LogP contribution in [0.3, 0.4) is 0 Å². The number of esters is 1. The molecule has 0 amide bonds. The largest absolute Gasteiger partial charge is 0.497 e. The van der Waals surface area contributed by atoms with Gasteiger partial charge in [0.25, 0.3) is 5.56 Å². The van der Waals surface area contributed by atoms with E-state index >= 15 is 0 Å². The number of hydrogen-bond acceptors (Lipinski definition) is 10. The van der Waals surface area contributed by atoms with Crippen LogP contribution in [0.4, 0.5) is 0 Å². The van der Waals surface area contributed by atoms with Gasteiger partial charge in [-0.15, -0.1) is 11.3 Å². The Hall–Kier alpha value is -4.71. The van der Waals surface area contributed by atoms with E-state index in [-0.39, 0.29) is 17.7 Å². The molecule has 1 atom stereocenters. The number of fused-ring (bicyclic) bond motifs is 2. The molecule has 0 unspecified atom stereocenters. The third kappa shape index (κ3) is 5.66. The van der Waals surface area contributed by atoms with Crippen LogP contribution in [-0.2, 0) is 9.53 Å². The van der Waals surface area contributed by atoms with Crippen molar-refractivity contribution >= 4 is 62.4 Å². The summed E-state index contributed by atoms with van der Waals surface area (Å²) in [6.07, 6.45) is 1.71. The van der Waals surface area contributed by atoms with Crippen LogP contribution in [0, 0.1) is 0 Å². The second-order valence-corrected chi connectivity index (χ2v) is 13.2. The summed E-state index contributed by atoms with van der Waals surface area (Å²) >= 11 is 4.27. The molecule has 11 heteroatoms. The average molecular weight is 652 g/mol. The van der Waals surface area contributed by atoms with Crippen molar-refractivity contribution in [3.05, 3.63) is 133 Å². The minimum Gasteiger partial charge on any atom is -0.497 e. The molecule has 0 aliphatic carbocycles. The molecule has 0 saturated carbocycles. The summed E-state index contributed by atoms with van der Waals surface area (Å²) in [5.74, 6) is 0.587. The standard InChI is InChI=1S/C34H25N3O5S3/c1-3-41-32(39)28-29(20-10-5-4-6-11-20)36-33-37(30(28)21-12-9-13-22(18-21)40-2)31(38)26(43-33)19-23-16-17-27(42-23)45-34-35-24-14-7-8-15-25(24)44-34/h4-19,30H,3H2,1-2H3/b26-19+/t30-/m0/s1. The predicted molar refractivity (Wildman–Crippen MR) is 177 cm³/mol. The molecule has 4 heterocycles. The number of carbonyl (C=O) groups excluding carboxylic acids is 1. The average Bonchev–Trinajstić information content (AvgIpc) is 3.77. The number of furan rings is 1. The van der Waals surface area contributed by atoms with Gasteiger partial charge in [-0.05, 0) is 60.6 Å². The minimum atomic E-state index is -0.797. The number of aromatic nitrogens is 2. The predicted octanol–water partition coefficient (Wildman–Crippen LogP) is 6.30. The molecular formula is C34H25N3O5S3. The fraction of sp³-hybridized carbons (Fsp3) is 0.118. The summed E-state index contributed by atoms with van der Waals surface area (Å²) in [5.41, 5.74) is 2.83. The number of methoxy groups -OCH3 is 1. The van der Waals surface area contributed by atoms with Crippen molar-refractivity contribution in [3.63, 3.8) is 0 Å². The van der Waals surface area contributed by atoms with Crippen molar-refractivity contribution in [2.45, 2.75) is 22.4 Å². The van der Waals surface area contributed by atoms with E-state index in [0.717, 1.165) is 20.1 Å². The Morgan fingerprint density at radius 3 is 2.64 bits per heavy atom. The minimum absolute atomic E-state index is 0.176. The van der Waals surface area contributed by atoms with E-state index < -0.39 is 12.0 Å². The Morgan fingerprint density at radius 1 is 1.02 bits per heavy atom. The van der Waals surface area contributed by atoms with E-state index in [1.807, 2.05) is 91.0 Å². The van der Waals surface area contributed by atoms with Crippen LogP contribution in [0.5, 0.6) is 5.75 Å². The molecule has 8 nitrogen and oxygen atoms in total. The van der Waals surface area contributed by atoms with E-state index in [9.17, 15) is 9.59 Å². The van der Waals surface area contributed by atoms with Crippen molar-refractivity contribution in [2.75, 3.05) is 13.7 Å². The van der Waals surface area contributed by atoms with Crippen LogP contribution in [0.15, 0.2) is 120 Å². The summed E-state index contributed by atoms with van der Waals surface area (Å²) in [6.45, 7) is 1.93. The van der Waals surface area contributed by atoms with Gasteiger partial charge in [0.05, 0.1) is 45.8 Å². The Kier molecular flexibility index (Phi) is 7.97. The highest BCUT2D eigenvalue weighted by Crippen LogP contribution is 2.37. The van der Waals surface area contributed by atoms with Crippen LogP contribution in [-0.4, -0.2) is 29.2 Å². The van der Waals surface area contributed by atoms with Gasteiger partial charge >= 0.3 is 5.97 Å². The second-order valence-electron chi connectivity index (χ2n) is 9.91. The molecule has 45 heavy (non-hydrogen) atoms. The number of rotatable bonds is 8. The second kappa shape index (κ2) is 12.4. The van der Waals surface area contributed by atoms with Crippen LogP contribution in [0.1, 0.15) is 29.9 Å². The topological polar surface area (TPSA) is 95.9 Å². The van der Waals surface area contributed by atoms with Gasteiger partial charge in [-0.2, -0.15) is 0 Å². The van der Waals surface area contributed by atoms with Crippen molar-refractivity contribution in [1.29, 1.82) is 0 Å². The van der Waals surface area contributed by atoms with Crippen molar-refractivity contribution in [1.82, 2.24) is 9.55 Å². The lowest BCUT2D eigenvalue weighted by molar-refractivity contribution is -0.138. The van der Waals surface area contributed by atoms with E-state index in [1.165, 1.54) is 23.1 Å². The van der Waals surface area contributed by atoms with Crippen LogP contribution in [0.25, 0.3) is 22.0 Å². The quantitative estimate of drug-likeness (QED) is 0.178. The van der Waals surface area contributed by atoms with E-state index in [0.29, 0.717) is 37.2 Å². The summed E-state index contributed by atoms with van der Waals surface area (Å²) in [7, 11) is 1.58. The van der Waals surface area contributed by atoms with Gasteiger partial charge in [0.1, 0.15) is 11.5 Å². The molecule has 224 valence electrons. The molecule has 7 rings (SSSR count). The molecule has 3 aromatic carbocycles. The highest BCUT2D eigenvalue weighted by atomic mass is 32.2. The molecule has 1 aliphatic rings. The molecular weight excluding hydrogens is 627 g/mol. The van der Waals surface area contributed by atoms with Gasteiger partial charge in [0.15, 0.2) is 14.2 Å². The van der Waals surface area contributed by atoms with Crippen LogP contribution < -0.4 is 19.6 Å². The van der Waals surface area contributed by atoms with E-state index in [4.69, 9.17) is 18.9 Å². The molecule has 0 bridgehead atoms. The number of thiazole rings is 2. The monoisotopic (exact) mass is 651 g/mol. The van der Waals surface area contributed by atoms with Crippen molar-refractivity contribution in [3.8, 4) is 5.75 Å². The first-order chi connectivity index (χ1) is 22.0. The molecule has 0 spiro atoms. The first-order valence-electron chi connectivity index (χ1n) is 14.1. The molecule has 1 aliphatic heterocycles. The normalized spacial score (nSPS) is 14.8. The fourth-order valence-corrected chi connectivity index (χ4v) is 8.09.